The largest absolute Gasteiger partial charge is 0.331 e. The van der Waals surface area contributed by atoms with Crippen LogP contribution in [0.15, 0.2) is 24.3 Å². The summed E-state index contributed by atoms with van der Waals surface area (Å²) in [5, 5.41) is 7.82. The monoisotopic (exact) mass is 327 g/mol. The van der Waals surface area contributed by atoms with Crippen LogP contribution < -0.4 is 5.32 Å². The third-order valence-corrected chi connectivity index (χ3v) is 4.51. The topological polar surface area (TPSA) is 63.1 Å². The predicted molar refractivity (Wildman–Crippen MR) is 93.6 cm³/mol. The average molecular weight is 327 g/mol. The number of amides is 1. The van der Waals surface area contributed by atoms with Crippen molar-refractivity contribution in [1.29, 1.82) is 0 Å². The lowest BCUT2D eigenvalue weighted by Gasteiger charge is -2.33. The number of para-hydroxylation sites is 1. The molecule has 6 nitrogen and oxygen atoms in total. The summed E-state index contributed by atoms with van der Waals surface area (Å²) in [4.78, 5) is 19.1. The van der Waals surface area contributed by atoms with Crippen molar-refractivity contribution in [2.24, 2.45) is 0 Å². The van der Waals surface area contributed by atoms with Gasteiger partial charge >= 0.3 is 0 Å². The molecule has 3 rings (SSSR count). The van der Waals surface area contributed by atoms with E-state index >= 15 is 0 Å². The van der Waals surface area contributed by atoms with Gasteiger partial charge in [-0.3, -0.25) is 4.79 Å². The van der Waals surface area contributed by atoms with Gasteiger partial charge in [0.1, 0.15) is 5.82 Å². The maximum atomic E-state index is 12.8. The summed E-state index contributed by atoms with van der Waals surface area (Å²) in [5.74, 6) is 1.29. The van der Waals surface area contributed by atoms with E-state index in [9.17, 15) is 4.79 Å². The quantitative estimate of drug-likeness (QED) is 0.938. The number of carbonyl (C=O) groups is 1. The van der Waals surface area contributed by atoms with E-state index in [-0.39, 0.29) is 17.8 Å². The van der Waals surface area contributed by atoms with Crippen LogP contribution in [0, 0.1) is 6.92 Å². The minimum absolute atomic E-state index is 0.0899. The van der Waals surface area contributed by atoms with E-state index in [0.717, 1.165) is 24.6 Å². The van der Waals surface area contributed by atoms with Gasteiger partial charge in [0.25, 0.3) is 5.91 Å². The Labute approximate surface area is 142 Å². The minimum atomic E-state index is -0.0899. The van der Waals surface area contributed by atoms with Crippen molar-refractivity contribution in [2.45, 2.75) is 39.7 Å². The van der Waals surface area contributed by atoms with Crippen molar-refractivity contribution in [3.05, 3.63) is 41.5 Å². The van der Waals surface area contributed by atoms with E-state index in [1.165, 1.54) is 5.56 Å². The van der Waals surface area contributed by atoms with E-state index in [2.05, 4.69) is 35.3 Å². The number of hydrogen-bond donors (Lipinski definition) is 1. The molecule has 1 aromatic carbocycles. The molecule has 1 amide bonds. The van der Waals surface area contributed by atoms with Gasteiger partial charge in [0.2, 0.25) is 5.82 Å². The Hall–Kier alpha value is -2.21. The van der Waals surface area contributed by atoms with Crippen LogP contribution in [-0.4, -0.2) is 51.2 Å². The van der Waals surface area contributed by atoms with Crippen LogP contribution >= 0.6 is 0 Å². The molecule has 0 spiro atoms. The van der Waals surface area contributed by atoms with Crippen LogP contribution in [0.25, 0.3) is 5.69 Å². The maximum absolute atomic E-state index is 12.8. The molecule has 1 aliphatic heterocycles. The molecule has 0 unspecified atom stereocenters. The SMILES string of the molecule is Cc1nc(C(=O)N2CCNC[C@@H]2C)nn1-c1ccccc1C(C)C. The Morgan fingerprint density at radius 1 is 1.33 bits per heavy atom. The van der Waals surface area contributed by atoms with Crippen LogP contribution in [0.2, 0.25) is 0 Å². The molecule has 0 aliphatic carbocycles. The van der Waals surface area contributed by atoms with E-state index in [4.69, 9.17) is 0 Å². The van der Waals surface area contributed by atoms with Crippen molar-refractivity contribution in [1.82, 2.24) is 25.0 Å². The fourth-order valence-electron chi connectivity index (χ4n) is 3.15. The first kappa shape index (κ1) is 16.6. The lowest BCUT2D eigenvalue weighted by molar-refractivity contribution is 0.0643. The lowest BCUT2D eigenvalue weighted by atomic mass is 10.0. The van der Waals surface area contributed by atoms with Gasteiger partial charge < -0.3 is 10.2 Å². The number of carbonyl (C=O) groups excluding carboxylic acids is 1. The molecule has 0 bridgehead atoms. The summed E-state index contributed by atoms with van der Waals surface area (Å²) < 4.78 is 1.79. The van der Waals surface area contributed by atoms with E-state index < -0.39 is 0 Å². The van der Waals surface area contributed by atoms with E-state index in [0.29, 0.717) is 12.5 Å². The van der Waals surface area contributed by atoms with Gasteiger partial charge in [0, 0.05) is 25.7 Å². The summed E-state index contributed by atoms with van der Waals surface area (Å²) in [7, 11) is 0. The van der Waals surface area contributed by atoms with Gasteiger partial charge in [0.15, 0.2) is 0 Å². The second kappa shape index (κ2) is 6.73. The summed E-state index contributed by atoms with van der Waals surface area (Å²) >= 11 is 0. The van der Waals surface area contributed by atoms with Gasteiger partial charge in [-0.2, -0.15) is 0 Å². The highest BCUT2D eigenvalue weighted by Crippen LogP contribution is 2.23. The standard InChI is InChI=1S/C18H25N5O/c1-12(2)15-7-5-6-8-16(15)23-14(4)20-17(21-23)18(24)22-10-9-19-11-13(22)3/h5-8,12-13,19H,9-11H2,1-4H3/t13-/m0/s1. The second-order valence-electron chi connectivity index (χ2n) is 6.66. The zero-order valence-electron chi connectivity index (χ0n) is 14.8. The highest BCUT2D eigenvalue weighted by atomic mass is 16.2. The first-order valence-corrected chi connectivity index (χ1v) is 8.53. The lowest BCUT2D eigenvalue weighted by Crippen LogP contribution is -2.52. The number of nitrogens with zero attached hydrogens (tertiary/aromatic N) is 4. The van der Waals surface area contributed by atoms with Crippen LogP contribution in [0.4, 0.5) is 0 Å². The molecule has 1 aromatic heterocycles. The van der Waals surface area contributed by atoms with Crippen molar-refractivity contribution < 1.29 is 4.79 Å². The van der Waals surface area contributed by atoms with E-state index in [1.807, 2.05) is 36.9 Å². The van der Waals surface area contributed by atoms with Crippen molar-refractivity contribution >= 4 is 5.91 Å². The number of piperazine rings is 1. The molecule has 2 aromatic rings. The normalized spacial score (nSPS) is 18.2. The molecule has 1 atom stereocenters. The van der Waals surface area contributed by atoms with Crippen molar-refractivity contribution in [2.75, 3.05) is 19.6 Å². The van der Waals surface area contributed by atoms with Gasteiger partial charge in [-0.25, -0.2) is 9.67 Å². The molecule has 0 radical (unpaired) electrons. The second-order valence-corrected chi connectivity index (χ2v) is 6.66. The Bertz CT molecular complexity index is 737. The first-order chi connectivity index (χ1) is 11.5. The van der Waals surface area contributed by atoms with Crippen LogP contribution in [-0.2, 0) is 0 Å². The molecule has 1 fully saturated rings. The minimum Gasteiger partial charge on any atom is -0.331 e. The molecule has 24 heavy (non-hydrogen) atoms. The van der Waals surface area contributed by atoms with E-state index in [1.54, 1.807) is 4.68 Å². The molecular weight excluding hydrogens is 302 g/mol. The summed E-state index contributed by atoms with van der Waals surface area (Å²) in [5.41, 5.74) is 2.19. The fourth-order valence-corrected chi connectivity index (χ4v) is 3.15. The van der Waals surface area contributed by atoms with Gasteiger partial charge in [-0.05, 0) is 31.4 Å². The number of hydrogen-bond acceptors (Lipinski definition) is 4. The number of benzene rings is 1. The predicted octanol–water partition coefficient (Wildman–Crippen LogP) is 2.13. The summed E-state index contributed by atoms with van der Waals surface area (Å²) in [6.45, 7) is 10.5. The molecule has 1 N–H and O–H groups in total. The molecule has 1 saturated heterocycles. The molecule has 0 saturated carbocycles. The van der Waals surface area contributed by atoms with Crippen molar-refractivity contribution in [3.63, 3.8) is 0 Å². The Kier molecular flexibility index (Phi) is 4.66. The molecule has 1 aliphatic rings. The van der Waals surface area contributed by atoms with Gasteiger partial charge in [-0.1, -0.05) is 32.0 Å². The Morgan fingerprint density at radius 2 is 2.08 bits per heavy atom. The summed E-state index contributed by atoms with van der Waals surface area (Å²) in [6.07, 6.45) is 0. The zero-order chi connectivity index (χ0) is 17.3. The van der Waals surface area contributed by atoms with Crippen LogP contribution in [0.1, 0.15) is 48.7 Å². The smallest absolute Gasteiger partial charge is 0.293 e. The number of aryl methyl sites for hydroxylation is 1. The number of aromatic nitrogens is 3. The van der Waals surface area contributed by atoms with Crippen LogP contribution in [0.3, 0.4) is 0 Å². The molecule has 6 heteroatoms. The zero-order valence-corrected chi connectivity index (χ0v) is 14.8. The number of rotatable bonds is 3. The first-order valence-electron chi connectivity index (χ1n) is 8.53. The van der Waals surface area contributed by atoms with Crippen LogP contribution in [0.5, 0.6) is 0 Å². The fraction of sp³-hybridized carbons (Fsp3) is 0.500. The summed E-state index contributed by atoms with van der Waals surface area (Å²) in [6, 6.07) is 8.29. The highest BCUT2D eigenvalue weighted by Gasteiger charge is 2.27. The van der Waals surface area contributed by atoms with Gasteiger partial charge in [0.05, 0.1) is 5.69 Å². The highest BCUT2D eigenvalue weighted by molar-refractivity contribution is 5.90. The average Bonchev–Trinajstić information content (AvgIpc) is 2.96. The maximum Gasteiger partial charge on any atom is 0.293 e. The molecule has 2 heterocycles. The molecule has 128 valence electrons. The number of nitrogens with one attached hydrogen (secondary N) is 1. The third-order valence-electron chi connectivity index (χ3n) is 4.51. The molecular formula is C18H25N5O. The Morgan fingerprint density at radius 3 is 2.79 bits per heavy atom. The van der Waals surface area contributed by atoms with Gasteiger partial charge in [-0.15, -0.1) is 5.10 Å². The third kappa shape index (κ3) is 3.06. The van der Waals surface area contributed by atoms with Crippen molar-refractivity contribution in [3.8, 4) is 5.69 Å². The Balaban J connectivity index is 1.95.